The third kappa shape index (κ3) is 3.67. The number of thiophene rings is 1. The van der Waals surface area contributed by atoms with Crippen LogP contribution >= 0.6 is 43.2 Å². The first-order valence-electron chi connectivity index (χ1n) is 5.56. The molecular formula is C14H14Br2S. The standard InChI is InChI=1S/C14H14Br2S/c1-10-3-2-4-11(7-10)12(9-15)8-13-5-6-14(16)17-13/h2-7,12H,8-9H2,1H3. The van der Waals surface area contributed by atoms with Gasteiger partial charge in [-0.2, -0.15) is 0 Å². The maximum atomic E-state index is 3.63. The van der Waals surface area contributed by atoms with Gasteiger partial charge >= 0.3 is 0 Å². The minimum atomic E-state index is 0.556. The molecule has 0 aliphatic carbocycles. The first-order chi connectivity index (χ1) is 8.19. The van der Waals surface area contributed by atoms with Gasteiger partial charge in [0.2, 0.25) is 0 Å². The van der Waals surface area contributed by atoms with E-state index in [4.69, 9.17) is 0 Å². The summed E-state index contributed by atoms with van der Waals surface area (Å²) in [6, 6.07) is 13.1. The monoisotopic (exact) mass is 372 g/mol. The summed E-state index contributed by atoms with van der Waals surface area (Å²) in [7, 11) is 0. The number of benzene rings is 1. The van der Waals surface area contributed by atoms with Gasteiger partial charge in [-0.15, -0.1) is 11.3 Å². The van der Waals surface area contributed by atoms with E-state index in [2.05, 4.69) is 75.2 Å². The van der Waals surface area contributed by atoms with E-state index in [0.29, 0.717) is 5.92 Å². The molecule has 0 spiro atoms. The van der Waals surface area contributed by atoms with Gasteiger partial charge in [0.15, 0.2) is 0 Å². The van der Waals surface area contributed by atoms with Gasteiger partial charge in [0.25, 0.3) is 0 Å². The largest absolute Gasteiger partial charge is 0.133 e. The van der Waals surface area contributed by atoms with Crippen LogP contribution in [0.15, 0.2) is 40.2 Å². The SMILES string of the molecule is Cc1cccc(C(CBr)Cc2ccc(Br)s2)c1. The van der Waals surface area contributed by atoms with E-state index in [1.165, 1.54) is 19.8 Å². The van der Waals surface area contributed by atoms with Crippen LogP contribution in [0, 0.1) is 6.92 Å². The van der Waals surface area contributed by atoms with Gasteiger partial charge in [0.05, 0.1) is 3.79 Å². The number of rotatable bonds is 4. The lowest BCUT2D eigenvalue weighted by atomic mass is 9.96. The molecular weight excluding hydrogens is 360 g/mol. The Balaban J connectivity index is 2.16. The first-order valence-corrected chi connectivity index (χ1v) is 8.29. The molecule has 0 aliphatic heterocycles. The Bertz CT molecular complexity index is 490. The molecule has 0 N–H and O–H groups in total. The molecule has 0 saturated carbocycles. The van der Waals surface area contributed by atoms with Gasteiger partial charge in [-0.1, -0.05) is 45.8 Å². The molecule has 17 heavy (non-hydrogen) atoms. The highest BCUT2D eigenvalue weighted by molar-refractivity contribution is 9.11. The Labute approximate surface area is 123 Å². The maximum Gasteiger partial charge on any atom is 0.0701 e. The van der Waals surface area contributed by atoms with Crippen LogP contribution in [-0.2, 0) is 6.42 Å². The van der Waals surface area contributed by atoms with Crippen LogP contribution in [0.4, 0.5) is 0 Å². The van der Waals surface area contributed by atoms with Crippen molar-refractivity contribution in [2.24, 2.45) is 0 Å². The van der Waals surface area contributed by atoms with Crippen molar-refractivity contribution in [1.29, 1.82) is 0 Å². The smallest absolute Gasteiger partial charge is 0.0701 e. The Kier molecular flexibility index (Phi) is 4.83. The van der Waals surface area contributed by atoms with Gasteiger partial charge in [-0.3, -0.25) is 0 Å². The zero-order valence-corrected chi connectivity index (χ0v) is 13.6. The van der Waals surface area contributed by atoms with Crippen LogP contribution in [0.1, 0.15) is 21.9 Å². The Morgan fingerprint density at radius 2 is 2.06 bits per heavy atom. The average molecular weight is 374 g/mol. The lowest BCUT2D eigenvalue weighted by Crippen LogP contribution is -2.03. The lowest BCUT2D eigenvalue weighted by molar-refractivity contribution is 0.785. The molecule has 1 aromatic carbocycles. The van der Waals surface area contributed by atoms with E-state index in [1.807, 2.05) is 11.3 Å². The second kappa shape index (κ2) is 6.17. The second-order valence-electron chi connectivity index (χ2n) is 4.18. The fourth-order valence-electron chi connectivity index (χ4n) is 1.89. The number of hydrogen-bond donors (Lipinski definition) is 0. The molecule has 90 valence electrons. The molecule has 1 heterocycles. The van der Waals surface area contributed by atoms with Crippen LogP contribution in [0.25, 0.3) is 0 Å². The summed E-state index contributed by atoms with van der Waals surface area (Å²) in [5, 5.41) is 1.01. The van der Waals surface area contributed by atoms with Crippen molar-refractivity contribution in [2.45, 2.75) is 19.3 Å². The normalized spacial score (nSPS) is 12.6. The van der Waals surface area contributed by atoms with E-state index < -0.39 is 0 Å². The van der Waals surface area contributed by atoms with Gasteiger partial charge in [-0.25, -0.2) is 0 Å². The highest BCUT2D eigenvalue weighted by atomic mass is 79.9. The van der Waals surface area contributed by atoms with Crippen LogP contribution in [0.3, 0.4) is 0 Å². The van der Waals surface area contributed by atoms with Crippen molar-refractivity contribution in [3.63, 3.8) is 0 Å². The predicted molar refractivity (Wildman–Crippen MR) is 83.4 cm³/mol. The van der Waals surface area contributed by atoms with Crippen molar-refractivity contribution >= 4 is 43.2 Å². The quantitative estimate of drug-likeness (QED) is 0.617. The van der Waals surface area contributed by atoms with E-state index >= 15 is 0 Å². The predicted octanol–water partition coefficient (Wildman–Crippen LogP) is 5.54. The zero-order chi connectivity index (χ0) is 12.3. The van der Waals surface area contributed by atoms with E-state index in [1.54, 1.807) is 0 Å². The molecule has 1 atom stereocenters. The Morgan fingerprint density at radius 1 is 1.24 bits per heavy atom. The van der Waals surface area contributed by atoms with Gasteiger partial charge in [0, 0.05) is 10.2 Å². The minimum Gasteiger partial charge on any atom is -0.133 e. The highest BCUT2D eigenvalue weighted by Gasteiger charge is 2.12. The molecule has 0 amide bonds. The fourth-order valence-corrected chi connectivity index (χ4v) is 4.06. The van der Waals surface area contributed by atoms with Crippen molar-refractivity contribution in [1.82, 2.24) is 0 Å². The van der Waals surface area contributed by atoms with E-state index in [9.17, 15) is 0 Å². The average Bonchev–Trinajstić information content (AvgIpc) is 2.72. The topological polar surface area (TPSA) is 0 Å². The third-order valence-electron chi connectivity index (χ3n) is 2.78. The second-order valence-corrected chi connectivity index (χ2v) is 7.37. The van der Waals surface area contributed by atoms with Crippen molar-refractivity contribution in [3.05, 3.63) is 56.2 Å². The van der Waals surface area contributed by atoms with E-state index in [-0.39, 0.29) is 0 Å². The van der Waals surface area contributed by atoms with Crippen LogP contribution in [0.5, 0.6) is 0 Å². The molecule has 1 aromatic heterocycles. The summed E-state index contributed by atoms with van der Waals surface area (Å²) in [5.41, 5.74) is 2.76. The molecule has 0 saturated heterocycles. The Hall–Kier alpha value is -0.120. The summed E-state index contributed by atoms with van der Waals surface area (Å²) in [6.07, 6.45) is 1.10. The lowest BCUT2D eigenvalue weighted by Gasteiger charge is -2.14. The van der Waals surface area contributed by atoms with Crippen molar-refractivity contribution < 1.29 is 0 Å². The summed E-state index contributed by atoms with van der Waals surface area (Å²) in [4.78, 5) is 1.43. The third-order valence-corrected chi connectivity index (χ3v) is 5.20. The molecule has 0 bridgehead atoms. The molecule has 0 nitrogen and oxygen atoms in total. The van der Waals surface area contributed by atoms with E-state index in [0.717, 1.165) is 11.8 Å². The molecule has 2 aromatic rings. The molecule has 0 radical (unpaired) electrons. The number of alkyl halides is 1. The van der Waals surface area contributed by atoms with Crippen molar-refractivity contribution in [3.8, 4) is 0 Å². The van der Waals surface area contributed by atoms with Gasteiger partial charge < -0.3 is 0 Å². The summed E-state index contributed by atoms with van der Waals surface area (Å²) in [6.45, 7) is 2.15. The molecule has 0 aliphatic rings. The van der Waals surface area contributed by atoms with Crippen LogP contribution < -0.4 is 0 Å². The number of hydrogen-bond acceptors (Lipinski definition) is 1. The summed E-state index contributed by atoms with van der Waals surface area (Å²) < 4.78 is 1.21. The fraction of sp³-hybridized carbons (Fsp3) is 0.286. The summed E-state index contributed by atoms with van der Waals surface area (Å²) >= 11 is 8.98. The number of aryl methyl sites for hydroxylation is 1. The molecule has 1 unspecified atom stereocenters. The van der Waals surface area contributed by atoms with Gasteiger partial charge in [0.1, 0.15) is 0 Å². The summed E-state index contributed by atoms with van der Waals surface area (Å²) in [5.74, 6) is 0.556. The minimum absolute atomic E-state index is 0.556. The number of halogens is 2. The van der Waals surface area contributed by atoms with Crippen LogP contribution in [-0.4, -0.2) is 5.33 Å². The van der Waals surface area contributed by atoms with Crippen LogP contribution in [0.2, 0.25) is 0 Å². The highest BCUT2D eigenvalue weighted by Crippen LogP contribution is 2.29. The molecule has 2 rings (SSSR count). The maximum absolute atomic E-state index is 3.63. The first kappa shape index (κ1) is 13.3. The zero-order valence-electron chi connectivity index (χ0n) is 9.62. The van der Waals surface area contributed by atoms with Gasteiger partial charge in [-0.05, 0) is 52.9 Å². The van der Waals surface area contributed by atoms with Crippen molar-refractivity contribution in [2.75, 3.05) is 5.33 Å². The molecule has 0 fully saturated rings. The molecule has 3 heteroatoms. The Morgan fingerprint density at radius 3 is 2.65 bits per heavy atom.